The van der Waals surface area contributed by atoms with E-state index in [4.69, 9.17) is 9.05 Å². The van der Waals surface area contributed by atoms with Gasteiger partial charge in [-0.15, -0.1) is 9.05 Å². The van der Waals surface area contributed by atoms with Gasteiger partial charge in [-0.2, -0.15) is 10.2 Å². The van der Waals surface area contributed by atoms with Crippen molar-refractivity contribution < 1.29 is 23.8 Å². The van der Waals surface area contributed by atoms with Crippen LogP contribution in [0.2, 0.25) is 0 Å². The van der Waals surface area contributed by atoms with Gasteiger partial charge in [0, 0.05) is 17.4 Å². The number of rotatable bonds is 6. The molecule has 0 aromatic carbocycles. The van der Waals surface area contributed by atoms with Gasteiger partial charge in [0.05, 0.1) is 0 Å². The van der Waals surface area contributed by atoms with E-state index in [9.17, 15) is 14.8 Å². The lowest BCUT2D eigenvalue weighted by Crippen LogP contribution is -2.37. The minimum Gasteiger partial charge on any atom is -0.382 e. The molecule has 0 saturated heterocycles. The molecule has 2 heterocycles. The Morgan fingerprint density at radius 1 is 0.929 bits per heavy atom. The van der Waals surface area contributed by atoms with Gasteiger partial charge in [0.25, 0.3) is 0 Å². The number of nitrogens with one attached hydrogen (secondary N) is 2. The first-order valence-corrected chi connectivity index (χ1v) is 10.5. The number of hydrogen-bond donors (Lipinski definition) is 4. The van der Waals surface area contributed by atoms with Crippen LogP contribution in [-0.2, 0) is 24.8 Å². The molecular weight excluding hydrogens is 387 g/mol. The lowest BCUT2D eigenvalue weighted by Gasteiger charge is -2.33. The van der Waals surface area contributed by atoms with Crippen molar-refractivity contribution in [3.05, 3.63) is 24.3 Å². The molecule has 0 amide bonds. The molecule has 12 heteroatoms. The Hall–Kier alpha value is -1.78. The molecule has 2 aromatic rings. The van der Waals surface area contributed by atoms with Gasteiger partial charge >= 0.3 is 8.25 Å². The number of aliphatic hydroxyl groups is 2. The summed E-state index contributed by atoms with van der Waals surface area (Å²) in [6, 6.07) is 0. The standard InChI is InChI=1S/C16H24N6O5P/c23-15(13-17-9-19-21-13)5-1-3-11(7-15)26-28(25)27-12-4-2-6-16(24,8-12)14-18-10-20-22-14/h9-12,23-24H,1-8H2,(H,17,19,21)(H,18,20,22)/q+1. The first kappa shape index (κ1) is 19.5. The van der Waals surface area contributed by atoms with E-state index < -0.39 is 31.7 Å². The van der Waals surface area contributed by atoms with Crippen LogP contribution in [0, 0.1) is 0 Å². The number of aromatic nitrogens is 6. The molecular formula is C16H24N6O5P+. The maximum absolute atomic E-state index is 12.4. The number of hydrogen-bond acceptors (Lipinski definition) is 9. The fraction of sp³-hybridized carbons (Fsp3) is 0.750. The van der Waals surface area contributed by atoms with Crippen molar-refractivity contribution in [3.63, 3.8) is 0 Å². The van der Waals surface area contributed by atoms with Crippen molar-refractivity contribution in [2.75, 3.05) is 0 Å². The molecule has 2 aromatic heterocycles. The highest BCUT2D eigenvalue weighted by Gasteiger charge is 2.45. The molecule has 0 aliphatic heterocycles. The van der Waals surface area contributed by atoms with E-state index in [2.05, 4.69) is 30.4 Å². The maximum atomic E-state index is 12.4. The van der Waals surface area contributed by atoms with E-state index in [1.807, 2.05) is 0 Å². The monoisotopic (exact) mass is 411 g/mol. The highest BCUT2D eigenvalue weighted by Crippen LogP contribution is 2.44. The van der Waals surface area contributed by atoms with Crippen LogP contribution in [0.1, 0.15) is 63.0 Å². The normalized spacial score (nSPS) is 34.3. The average Bonchev–Trinajstić information content (AvgIpc) is 3.36. The summed E-state index contributed by atoms with van der Waals surface area (Å²) in [6.45, 7) is 0. The predicted molar refractivity (Wildman–Crippen MR) is 94.8 cm³/mol. The molecule has 0 bridgehead atoms. The summed E-state index contributed by atoms with van der Waals surface area (Å²) in [4.78, 5) is 8.08. The van der Waals surface area contributed by atoms with E-state index >= 15 is 0 Å². The Balaban J connectivity index is 1.33. The lowest BCUT2D eigenvalue weighted by atomic mass is 9.82. The van der Waals surface area contributed by atoms with Crippen LogP contribution >= 0.6 is 8.25 Å². The van der Waals surface area contributed by atoms with Gasteiger partial charge in [-0.25, -0.2) is 9.97 Å². The number of aromatic amines is 2. The zero-order valence-electron chi connectivity index (χ0n) is 15.3. The number of H-pyrrole nitrogens is 2. The Morgan fingerprint density at radius 3 is 1.79 bits per heavy atom. The predicted octanol–water partition coefficient (Wildman–Crippen LogP) is 1.57. The minimum absolute atomic E-state index is 0.263. The van der Waals surface area contributed by atoms with Crippen LogP contribution in [0.4, 0.5) is 0 Å². The van der Waals surface area contributed by atoms with Gasteiger partial charge in [0.15, 0.2) is 11.6 Å². The number of nitrogens with zero attached hydrogens (tertiary/aromatic N) is 4. The van der Waals surface area contributed by atoms with E-state index in [1.165, 1.54) is 12.7 Å². The summed E-state index contributed by atoms with van der Waals surface area (Å²) >= 11 is 0. The molecule has 4 unspecified atom stereocenters. The van der Waals surface area contributed by atoms with Crippen molar-refractivity contribution in [2.45, 2.75) is 74.8 Å². The summed E-state index contributed by atoms with van der Waals surface area (Å²) in [6.07, 6.45) is 6.23. The van der Waals surface area contributed by atoms with Crippen LogP contribution in [-0.4, -0.2) is 52.8 Å². The third-order valence-corrected chi connectivity index (χ3v) is 6.49. The van der Waals surface area contributed by atoms with Crippen LogP contribution in [0.5, 0.6) is 0 Å². The van der Waals surface area contributed by atoms with E-state index in [0.29, 0.717) is 50.2 Å². The Morgan fingerprint density at radius 2 is 1.39 bits per heavy atom. The summed E-state index contributed by atoms with van der Waals surface area (Å²) in [5, 5.41) is 34.6. The molecule has 4 rings (SSSR count). The van der Waals surface area contributed by atoms with Crippen molar-refractivity contribution in [3.8, 4) is 0 Å². The first-order valence-electron chi connectivity index (χ1n) is 9.44. The van der Waals surface area contributed by atoms with Crippen LogP contribution < -0.4 is 0 Å². The first-order chi connectivity index (χ1) is 13.5. The summed E-state index contributed by atoms with van der Waals surface area (Å²) < 4.78 is 23.6. The fourth-order valence-corrected chi connectivity index (χ4v) is 5.04. The SMILES string of the molecule is O=[P+](OC1CCCC(O)(c2ncn[nH]2)C1)OC1CCCC(O)(c2ncn[nH]2)C1. The molecule has 4 atom stereocenters. The quantitative estimate of drug-likeness (QED) is 0.517. The van der Waals surface area contributed by atoms with Crippen molar-refractivity contribution in [1.82, 2.24) is 30.4 Å². The maximum Gasteiger partial charge on any atom is 0.697 e. The minimum atomic E-state index is -2.39. The van der Waals surface area contributed by atoms with Gasteiger partial charge in [-0.1, -0.05) is 0 Å². The molecule has 2 aliphatic carbocycles. The molecule has 2 aliphatic rings. The summed E-state index contributed by atoms with van der Waals surface area (Å²) in [5.74, 6) is 0.780. The van der Waals surface area contributed by atoms with Crippen molar-refractivity contribution in [2.24, 2.45) is 0 Å². The fourth-order valence-electron chi connectivity index (χ4n) is 4.14. The zero-order chi connectivity index (χ0) is 19.6. The molecule has 4 N–H and O–H groups in total. The van der Waals surface area contributed by atoms with Crippen LogP contribution in [0.3, 0.4) is 0 Å². The molecule has 2 fully saturated rings. The Bertz CT molecular complexity index is 725. The van der Waals surface area contributed by atoms with Crippen molar-refractivity contribution >= 4 is 8.25 Å². The second kappa shape index (κ2) is 7.92. The van der Waals surface area contributed by atoms with Gasteiger partial charge < -0.3 is 10.2 Å². The molecule has 28 heavy (non-hydrogen) atoms. The Kier molecular flexibility index (Phi) is 5.52. The molecule has 2 saturated carbocycles. The Labute approximate surface area is 162 Å². The largest absolute Gasteiger partial charge is 0.697 e. The lowest BCUT2D eigenvalue weighted by molar-refractivity contribution is -0.0619. The topological polar surface area (TPSA) is 159 Å². The second-order valence-electron chi connectivity index (χ2n) is 7.60. The van der Waals surface area contributed by atoms with Gasteiger partial charge in [0.2, 0.25) is 0 Å². The third-order valence-electron chi connectivity index (χ3n) is 5.55. The van der Waals surface area contributed by atoms with Gasteiger partial charge in [-0.3, -0.25) is 10.2 Å². The average molecular weight is 411 g/mol. The second-order valence-corrected chi connectivity index (χ2v) is 8.47. The van der Waals surface area contributed by atoms with Crippen molar-refractivity contribution in [1.29, 1.82) is 0 Å². The van der Waals surface area contributed by atoms with Gasteiger partial charge in [-0.05, 0) is 38.5 Å². The molecule has 152 valence electrons. The van der Waals surface area contributed by atoms with Crippen LogP contribution in [0.15, 0.2) is 12.7 Å². The zero-order valence-corrected chi connectivity index (χ0v) is 16.2. The van der Waals surface area contributed by atoms with E-state index in [1.54, 1.807) is 0 Å². The van der Waals surface area contributed by atoms with Crippen LogP contribution in [0.25, 0.3) is 0 Å². The molecule has 0 spiro atoms. The van der Waals surface area contributed by atoms with E-state index in [0.717, 1.165) is 0 Å². The smallest absolute Gasteiger partial charge is 0.382 e. The highest BCUT2D eigenvalue weighted by atomic mass is 31.1. The highest BCUT2D eigenvalue weighted by molar-refractivity contribution is 7.33. The molecule has 0 radical (unpaired) electrons. The summed E-state index contributed by atoms with van der Waals surface area (Å²) in [7, 11) is -2.39. The third kappa shape index (κ3) is 4.13. The van der Waals surface area contributed by atoms with E-state index in [-0.39, 0.29) is 12.8 Å². The molecule has 11 nitrogen and oxygen atoms in total. The summed E-state index contributed by atoms with van der Waals surface area (Å²) in [5.41, 5.74) is -2.35. The van der Waals surface area contributed by atoms with Gasteiger partial charge in [0.1, 0.15) is 36.1 Å².